The van der Waals surface area contributed by atoms with E-state index in [0.717, 1.165) is 25.0 Å². The average molecular weight is 284 g/mol. The molecule has 1 N–H and O–H groups in total. The quantitative estimate of drug-likeness (QED) is 0.917. The maximum atomic E-state index is 11.1. The van der Waals surface area contributed by atoms with Gasteiger partial charge < -0.3 is 9.64 Å². The lowest BCUT2D eigenvalue weighted by Gasteiger charge is -2.36. The van der Waals surface area contributed by atoms with Gasteiger partial charge in [0.1, 0.15) is 0 Å². The number of hydrogen-bond donors (Lipinski definition) is 1. The molecule has 1 aromatic rings. The summed E-state index contributed by atoms with van der Waals surface area (Å²) in [6.07, 6.45) is 1.56. The minimum Gasteiger partial charge on any atom is -0.372 e. The van der Waals surface area contributed by atoms with Crippen LogP contribution in [0.4, 0.5) is 11.4 Å². The second-order valence-electron chi connectivity index (χ2n) is 5.08. The van der Waals surface area contributed by atoms with E-state index in [2.05, 4.69) is 23.5 Å². The molecule has 0 amide bonds. The fourth-order valence-corrected chi connectivity index (χ4v) is 2.91. The average Bonchev–Trinajstić information content (AvgIpc) is 2.26. The molecule has 19 heavy (non-hydrogen) atoms. The molecule has 106 valence electrons. The van der Waals surface area contributed by atoms with E-state index in [1.165, 1.54) is 0 Å². The van der Waals surface area contributed by atoms with Crippen LogP contribution in [0.5, 0.6) is 0 Å². The Hall–Kier alpha value is -1.27. The van der Waals surface area contributed by atoms with E-state index in [9.17, 15) is 8.42 Å². The van der Waals surface area contributed by atoms with Crippen molar-refractivity contribution in [1.82, 2.24) is 0 Å². The minimum atomic E-state index is -3.22. The van der Waals surface area contributed by atoms with Gasteiger partial charge in [0.15, 0.2) is 0 Å². The van der Waals surface area contributed by atoms with Gasteiger partial charge in [-0.2, -0.15) is 0 Å². The molecule has 5 nitrogen and oxygen atoms in total. The second-order valence-corrected chi connectivity index (χ2v) is 6.83. The second kappa shape index (κ2) is 5.38. The first-order valence-electron chi connectivity index (χ1n) is 6.32. The molecule has 1 heterocycles. The molecule has 2 rings (SSSR count). The monoisotopic (exact) mass is 284 g/mol. The summed E-state index contributed by atoms with van der Waals surface area (Å²) in [4.78, 5) is 2.25. The topological polar surface area (TPSA) is 58.6 Å². The third-order valence-corrected chi connectivity index (χ3v) is 3.56. The van der Waals surface area contributed by atoms with E-state index in [1.54, 1.807) is 12.1 Å². The van der Waals surface area contributed by atoms with Crippen LogP contribution >= 0.6 is 0 Å². The van der Waals surface area contributed by atoms with E-state index in [0.29, 0.717) is 5.69 Å². The van der Waals surface area contributed by atoms with Crippen molar-refractivity contribution in [1.29, 1.82) is 0 Å². The van der Waals surface area contributed by atoms with Gasteiger partial charge in [-0.15, -0.1) is 0 Å². The Morgan fingerprint density at radius 1 is 1.16 bits per heavy atom. The Labute approximate surface area is 114 Å². The third kappa shape index (κ3) is 4.11. The number of rotatable bonds is 3. The number of hydrogen-bond acceptors (Lipinski definition) is 4. The lowest BCUT2D eigenvalue weighted by molar-refractivity contribution is -0.00521. The van der Waals surface area contributed by atoms with Gasteiger partial charge in [-0.25, -0.2) is 8.42 Å². The van der Waals surface area contributed by atoms with E-state index in [-0.39, 0.29) is 12.2 Å². The zero-order valence-corrected chi connectivity index (χ0v) is 12.3. The molecule has 0 bridgehead atoms. The van der Waals surface area contributed by atoms with Crippen LogP contribution in [0.15, 0.2) is 24.3 Å². The molecule has 1 aromatic carbocycles. The highest BCUT2D eigenvalue weighted by molar-refractivity contribution is 7.92. The third-order valence-electron chi connectivity index (χ3n) is 2.96. The predicted molar refractivity (Wildman–Crippen MR) is 77.1 cm³/mol. The molecular formula is C13H20N2O3S. The van der Waals surface area contributed by atoms with Gasteiger partial charge in [-0.3, -0.25) is 4.72 Å². The summed E-state index contributed by atoms with van der Waals surface area (Å²) in [6.45, 7) is 5.82. The molecule has 1 aliphatic heterocycles. The highest BCUT2D eigenvalue weighted by Gasteiger charge is 2.22. The van der Waals surface area contributed by atoms with E-state index < -0.39 is 10.0 Å². The standard InChI is InChI=1S/C13H20N2O3S/c1-10-8-15(9-11(2)18-10)13-6-4-12(5-7-13)14-19(3,16)17/h4-7,10-11,14H,8-9H2,1-3H3/t10-,11-/m1/s1. The SMILES string of the molecule is C[C@@H]1CN(c2ccc(NS(C)(=O)=O)cc2)C[C@@H](C)O1. The van der Waals surface area contributed by atoms with Gasteiger partial charge in [0, 0.05) is 24.5 Å². The number of nitrogens with zero attached hydrogens (tertiary/aromatic N) is 1. The van der Waals surface area contributed by atoms with Gasteiger partial charge in [-0.1, -0.05) is 0 Å². The zero-order valence-electron chi connectivity index (χ0n) is 11.5. The fourth-order valence-electron chi connectivity index (χ4n) is 2.34. The van der Waals surface area contributed by atoms with Crippen LogP contribution in [0, 0.1) is 0 Å². The first-order valence-corrected chi connectivity index (χ1v) is 8.21. The lowest BCUT2D eigenvalue weighted by Crippen LogP contribution is -2.45. The van der Waals surface area contributed by atoms with E-state index in [1.807, 2.05) is 12.1 Å². The highest BCUT2D eigenvalue weighted by Crippen LogP contribution is 2.22. The molecule has 0 aromatic heterocycles. The Bertz CT molecular complexity index is 517. The van der Waals surface area contributed by atoms with Crippen molar-refractivity contribution in [2.75, 3.05) is 29.0 Å². The van der Waals surface area contributed by atoms with Gasteiger partial charge in [0.05, 0.1) is 18.5 Å². The molecule has 0 spiro atoms. The number of morpholine rings is 1. The van der Waals surface area contributed by atoms with Crippen LogP contribution in [0.3, 0.4) is 0 Å². The van der Waals surface area contributed by atoms with Crippen LogP contribution in [0.2, 0.25) is 0 Å². The van der Waals surface area contributed by atoms with Crippen molar-refractivity contribution < 1.29 is 13.2 Å². The molecule has 6 heteroatoms. The summed E-state index contributed by atoms with van der Waals surface area (Å²) in [6, 6.07) is 7.42. The number of ether oxygens (including phenoxy) is 1. The van der Waals surface area contributed by atoms with Crippen LogP contribution in [0.1, 0.15) is 13.8 Å². The maximum absolute atomic E-state index is 11.1. The summed E-state index contributed by atoms with van der Waals surface area (Å²) >= 11 is 0. The predicted octanol–water partition coefficient (Wildman–Crippen LogP) is 1.67. The number of sulfonamides is 1. The molecule has 0 unspecified atom stereocenters. The molecular weight excluding hydrogens is 264 g/mol. The van der Waals surface area contributed by atoms with Crippen molar-refractivity contribution in [3.63, 3.8) is 0 Å². The summed E-state index contributed by atoms with van der Waals surface area (Å²) in [7, 11) is -3.22. The number of anilines is 2. The molecule has 2 atom stereocenters. The van der Waals surface area contributed by atoms with E-state index >= 15 is 0 Å². The number of nitrogens with one attached hydrogen (secondary N) is 1. The van der Waals surface area contributed by atoms with Gasteiger partial charge in [0.25, 0.3) is 0 Å². The largest absolute Gasteiger partial charge is 0.372 e. The van der Waals surface area contributed by atoms with Crippen LogP contribution in [0.25, 0.3) is 0 Å². The summed E-state index contributed by atoms with van der Waals surface area (Å²) in [5.74, 6) is 0. The summed E-state index contributed by atoms with van der Waals surface area (Å²) < 4.78 is 30.4. The molecule has 1 saturated heterocycles. The Morgan fingerprint density at radius 2 is 1.68 bits per heavy atom. The normalized spacial score (nSPS) is 24.3. The zero-order chi connectivity index (χ0) is 14.0. The Morgan fingerprint density at radius 3 is 2.16 bits per heavy atom. The van der Waals surface area contributed by atoms with E-state index in [4.69, 9.17) is 4.74 Å². The van der Waals surface area contributed by atoms with Crippen molar-refractivity contribution in [3.8, 4) is 0 Å². The van der Waals surface area contributed by atoms with Crippen molar-refractivity contribution in [2.45, 2.75) is 26.1 Å². The first kappa shape index (κ1) is 14.1. The van der Waals surface area contributed by atoms with Crippen molar-refractivity contribution in [2.24, 2.45) is 0 Å². The molecule has 1 aliphatic rings. The Balaban J connectivity index is 2.09. The summed E-state index contributed by atoms with van der Waals surface area (Å²) in [5.41, 5.74) is 1.67. The molecule has 1 fully saturated rings. The first-order chi connectivity index (χ1) is 8.83. The summed E-state index contributed by atoms with van der Waals surface area (Å²) in [5, 5.41) is 0. The molecule has 0 saturated carbocycles. The van der Waals surface area contributed by atoms with Crippen molar-refractivity contribution >= 4 is 21.4 Å². The minimum absolute atomic E-state index is 0.206. The Kier molecular flexibility index (Phi) is 4.01. The fraction of sp³-hybridized carbons (Fsp3) is 0.538. The smallest absolute Gasteiger partial charge is 0.229 e. The van der Waals surface area contributed by atoms with Crippen LogP contribution < -0.4 is 9.62 Å². The van der Waals surface area contributed by atoms with Gasteiger partial charge >= 0.3 is 0 Å². The number of benzene rings is 1. The molecule has 0 radical (unpaired) electrons. The van der Waals surface area contributed by atoms with Gasteiger partial charge in [0.2, 0.25) is 10.0 Å². The molecule has 0 aliphatic carbocycles. The van der Waals surface area contributed by atoms with Gasteiger partial charge in [-0.05, 0) is 38.1 Å². The van der Waals surface area contributed by atoms with Crippen LogP contribution in [-0.4, -0.2) is 40.0 Å². The lowest BCUT2D eigenvalue weighted by atomic mass is 10.2. The van der Waals surface area contributed by atoms with Crippen molar-refractivity contribution in [3.05, 3.63) is 24.3 Å². The maximum Gasteiger partial charge on any atom is 0.229 e. The highest BCUT2D eigenvalue weighted by atomic mass is 32.2. The van der Waals surface area contributed by atoms with Crippen LogP contribution in [-0.2, 0) is 14.8 Å².